The van der Waals surface area contributed by atoms with Gasteiger partial charge in [0.15, 0.2) is 11.5 Å². The third-order valence-electron chi connectivity index (χ3n) is 4.18. The number of esters is 1. The molecule has 1 fully saturated rings. The van der Waals surface area contributed by atoms with E-state index in [-0.39, 0.29) is 23.8 Å². The molecule has 9 nitrogen and oxygen atoms in total. The number of carbonyl (C=O) groups is 3. The first-order valence-electron chi connectivity index (χ1n) is 8.89. The number of imide groups is 1. The van der Waals surface area contributed by atoms with E-state index in [0.29, 0.717) is 28.7 Å². The Kier molecular flexibility index (Phi) is 6.31. The Morgan fingerprint density at radius 1 is 1.27 bits per heavy atom. The molecule has 0 radical (unpaired) electrons. The molecule has 1 N–H and O–H groups in total. The van der Waals surface area contributed by atoms with Crippen molar-refractivity contribution < 1.29 is 33.0 Å². The molecule has 3 rings (SSSR count). The summed E-state index contributed by atoms with van der Waals surface area (Å²) in [7, 11) is 2.70. The van der Waals surface area contributed by atoms with Crippen molar-refractivity contribution in [2.24, 2.45) is 0 Å². The number of nitrogens with zero attached hydrogens (tertiary/aromatic N) is 1. The van der Waals surface area contributed by atoms with Gasteiger partial charge in [0, 0.05) is 16.7 Å². The highest BCUT2D eigenvalue weighted by atomic mass is 35.5. The number of urea groups is 1. The van der Waals surface area contributed by atoms with Crippen molar-refractivity contribution >= 4 is 35.6 Å². The van der Waals surface area contributed by atoms with Crippen LogP contribution in [0.4, 0.5) is 4.79 Å². The molecule has 1 aliphatic heterocycles. The van der Waals surface area contributed by atoms with Crippen LogP contribution in [0.15, 0.2) is 34.4 Å². The van der Waals surface area contributed by atoms with Crippen molar-refractivity contribution in [3.8, 4) is 11.5 Å². The molecule has 0 unspecified atom stereocenters. The summed E-state index contributed by atoms with van der Waals surface area (Å²) in [5.41, 5.74) is 0.502. The van der Waals surface area contributed by atoms with Crippen LogP contribution >= 0.6 is 11.6 Å². The van der Waals surface area contributed by atoms with Gasteiger partial charge in [0.2, 0.25) is 5.76 Å². The summed E-state index contributed by atoms with van der Waals surface area (Å²) in [5.74, 6) is -0.209. The van der Waals surface area contributed by atoms with Crippen molar-refractivity contribution in [3.63, 3.8) is 0 Å². The predicted octanol–water partition coefficient (Wildman–Crippen LogP) is 3.22. The fraction of sp³-hybridized carbons (Fsp3) is 0.250. The molecular weight excluding hydrogens is 416 g/mol. The van der Waals surface area contributed by atoms with Crippen LogP contribution in [0.25, 0.3) is 6.08 Å². The lowest BCUT2D eigenvalue weighted by Gasteiger charge is -2.13. The normalized spacial score (nSPS) is 14.8. The maximum atomic E-state index is 12.8. The van der Waals surface area contributed by atoms with Crippen molar-refractivity contribution in [2.45, 2.75) is 13.5 Å². The molecule has 1 aromatic heterocycles. The third-order valence-corrected chi connectivity index (χ3v) is 4.40. The van der Waals surface area contributed by atoms with Crippen molar-refractivity contribution in [1.29, 1.82) is 0 Å². The zero-order valence-electron chi connectivity index (χ0n) is 16.5. The summed E-state index contributed by atoms with van der Waals surface area (Å²) in [6.45, 7) is 2.01. The highest BCUT2D eigenvalue weighted by molar-refractivity contribution is 6.31. The summed E-state index contributed by atoms with van der Waals surface area (Å²) in [6, 6.07) is 5.45. The second-order valence-corrected chi connectivity index (χ2v) is 6.53. The number of hydrogen-bond donors (Lipinski definition) is 1. The number of nitrogens with one attached hydrogen (secondary N) is 1. The summed E-state index contributed by atoms with van der Waals surface area (Å²) in [6.07, 6.45) is 1.46. The molecule has 1 aliphatic rings. The van der Waals surface area contributed by atoms with Gasteiger partial charge in [-0.05, 0) is 31.2 Å². The number of benzene rings is 1. The van der Waals surface area contributed by atoms with Gasteiger partial charge in [0.1, 0.15) is 11.5 Å². The highest BCUT2D eigenvalue weighted by Crippen LogP contribution is 2.36. The number of methoxy groups -OCH3 is 2. The minimum Gasteiger partial charge on any atom is -0.493 e. The van der Waals surface area contributed by atoms with Gasteiger partial charge in [-0.2, -0.15) is 0 Å². The summed E-state index contributed by atoms with van der Waals surface area (Å²) in [5, 5.41) is 2.89. The van der Waals surface area contributed by atoms with Gasteiger partial charge in [-0.3, -0.25) is 9.69 Å². The molecule has 10 heteroatoms. The van der Waals surface area contributed by atoms with Gasteiger partial charge in [0.25, 0.3) is 5.91 Å². The van der Waals surface area contributed by atoms with Gasteiger partial charge in [-0.1, -0.05) is 11.6 Å². The number of rotatable bonds is 7. The van der Waals surface area contributed by atoms with Gasteiger partial charge >= 0.3 is 12.0 Å². The van der Waals surface area contributed by atoms with Gasteiger partial charge in [0.05, 0.1) is 27.4 Å². The third kappa shape index (κ3) is 4.25. The van der Waals surface area contributed by atoms with Crippen LogP contribution in [0.2, 0.25) is 5.02 Å². The lowest BCUT2D eigenvalue weighted by Crippen LogP contribution is -2.30. The molecule has 2 aromatic rings. The fourth-order valence-electron chi connectivity index (χ4n) is 2.85. The molecule has 0 atom stereocenters. The number of furan rings is 1. The molecule has 0 spiro atoms. The van der Waals surface area contributed by atoms with E-state index in [1.807, 2.05) is 0 Å². The molecule has 1 aromatic carbocycles. The Balaban J connectivity index is 1.87. The first-order chi connectivity index (χ1) is 14.4. The van der Waals surface area contributed by atoms with E-state index in [0.717, 1.165) is 4.90 Å². The Morgan fingerprint density at radius 3 is 2.70 bits per heavy atom. The van der Waals surface area contributed by atoms with Crippen LogP contribution in [0, 0.1) is 0 Å². The molecule has 2 heterocycles. The average molecular weight is 435 g/mol. The Hall–Kier alpha value is -3.46. The van der Waals surface area contributed by atoms with E-state index in [9.17, 15) is 14.4 Å². The van der Waals surface area contributed by atoms with Crippen LogP contribution in [0.1, 0.15) is 28.8 Å². The molecule has 30 heavy (non-hydrogen) atoms. The molecular formula is C20H19ClN2O7. The van der Waals surface area contributed by atoms with Crippen LogP contribution in [0.5, 0.6) is 11.5 Å². The second kappa shape index (κ2) is 8.91. The van der Waals surface area contributed by atoms with Gasteiger partial charge in [-0.15, -0.1) is 0 Å². The molecule has 158 valence electrons. The number of amides is 3. The van der Waals surface area contributed by atoms with E-state index in [2.05, 4.69) is 10.1 Å². The summed E-state index contributed by atoms with van der Waals surface area (Å²) < 4.78 is 20.8. The highest BCUT2D eigenvalue weighted by Gasteiger charge is 2.34. The van der Waals surface area contributed by atoms with Crippen LogP contribution in [-0.4, -0.2) is 43.6 Å². The Labute approximate surface area is 177 Å². The van der Waals surface area contributed by atoms with Crippen LogP contribution in [0.3, 0.4) is 0 Å². The van der Waals surface area contributed by atoms with Crippen molar-refractivity contribution in [1.82, 2.24) is 10.2 Å². The largest absolute Gasteiger partial charge is 0.493 e. The second-order valence-electron chi connectivity index (χ2n) is 6.10. The molecule has 0 bridgehead atoms. The van der Waals surface area contributed by atoms with Crippen molar-refractivity contribution in [3.05, 3.63) is 52.1 Å². The van der Waals surface area contributed by atoms with E-state index in [1.165, 1.54) is 32.4 Å². The fourth-order valence-corrected chi connectivity index (χ4v) is 3.06. The molecule has 3 amide bonds. The van der Waals surface area contributed by atoms with Crippen molar-refractivity contribution in [2.75, 3.05) is 20.8 Å². The zero-order valence-corrected chi connectivity index (χ0v) is 17.2. The van der Waals surface area contributed by atoms with Crippen LogP contribution < -0.4 is 14.8 Å². The smallest absolute Gasteiger partial charge is 0.373 e. The number of hydrogen-bond acceptors (Lipinski definition) is 7. The van der Waals surface area contributed by atoms with E-state index >= 15 is 0 Å². The molecule has 1 saturated heterocycles. The Bertz CT molecular complexity index is 1030. The van der Waals surface area contributed by atoms with E-state index in [4.69, 9.17) is 25.5 Å². The maximum absolute atomic E-state index is 12.8. The molecule has 0 saturated carbocycles. The Morgan fingerprint density at radius 2 is 2.03 bits per heavy atom. The minimum atomic E-state index is -0.655. The number of ether oxygens (including phenoxy) is 3. The minimum absolute atomic E-state index is 0.0253. The maximum Gasteiger partial charge on any atom is 0.373 e. The predicted molar refractivity (Wildman–Crippen MR) is 106 cm³/mol. The lowest BCUT2D eigenvalue weighted by molar-refractivity contribution is -0.123. The monoisotopic (exact) mass is 434 g/mol. The number of carbonyl (C=O) groups excluding carboxylic acids is 3. The first kappa shape index (κ1) is 21.3. The van der Waals surface area contributed by atoms with Crippen LogP contribution in [-0.2, 0) is 16.1 Å². The van der Waals surface area contributed by atoms with Gasteiger partial charge < -0.3 is 23.9 Å². The first-order valence-corrected chi connectivity index (χ1v) is 9.27. The van der Waals surface area contributed by atoms with Gasteiger partial charge in [-0.25, -0.2) is 9.59 Å². The summed E-state index contributed by atoms with van der Waals surface area (Å²) >= 11 is 6.13. The number of halogens is 1. The summed E-state index contributed by atoms with van der Waals surface area (Å²) in [4.78, 5) is 37.5. The van der Waals surface area contributed by atoms with E-state index < -0.39 is 17.9 Å². The zero-order chi connectivity index (χ0) is 21.8. The lowest BCUT2D eigenvalue weighted by atomic mass is 10.1. The quantitative estimate of drug-likeness (QED) is 0.405. The molecule has 0 aliphatic carbocycles. The topological polar surface area (TPSA) is 107 Å². The SMILES string of the molecule is CCOc1c(C=C2NC(=O)N(Cc3ccc(C(=O)OC)o3)C2=O)cc(Cl)cc1OC. The van der Waals surface area contributed by atoms with E-state index in [1.54, 1.807) is 19.1 Å². The average Bonchev–Trinajstić information content (AvgIpc) is 3.29. The standard InChI is InChI=1S/C20H19ClN2O7/c1-4-29-17-11(7-12(21)9-16(17)27-2)8-14-18(24)23(20(26)22-14)10-13-5-6-15(30-13)19(25)28-3/h5-9H,4,10H2,1-3H3,(H,22,26).